The molecule has 4 heteroatoms. The van der Waals surface area contributed by atoms with Crippen molar-refractivity contribution < 1.29 is 4.39 Å². The van der Waals surface area contributed by atoms with Gasteiger partial charge in [-0.1, -0.05) is 12.8 Å². The lowest BCUT2D eigenvalue weighted by Crippen LogP contribution is -2.26. The maximum absolute atomic E-state index is 14.0. The van der Waals surface area contributed by atoms with Crippen LogP contribution in [0.25, 0.3) is 0 Å². The molecule has 0 bridgehead atoms. The molecule has 0 aromatic carbocycles. The van der Waals surface area contributed by atoms with Crippen LogP contribution in [0.2, 0.25) is 0 Å². The van der Waals surface area contributed by atoms with Gasteiger partial charge in [0.25, 0.3) is 0 Å². The number of halogens is 2. The second-order valence-corrected chi connectivity index (χ2v) is 4.41. The molecule has 0 unspecified atom stereocenters. The summed E-state index contributed by atoms with van der Waals surface area (Å²) in [4.78, 5) is 6.18. The van der Waals surface area contributed by atoms with Crippen molar-refractivity contribution in [2.45, 2.75) is 31.6 Å². The Balaban J connectivity index is 2.24. The van der Waals surface area contributed by atoms with Crippen molar-refractivity contribution in [3.05, 3.63) is 23.6 Å². The van der Waals surface area contributed by atoms with Gasteiger partial charge < -0.3 is 4.90 Å². The molecule has 1 fully saturated rings. The van der Waals surface area contributed by atoms with Crippen LogP contribution in [0, 0.1) is 5.82 Å². The highest BCUT2D eigenvalue weighted by Crippen LogP contribution is 2.23. The Morgan fingerprint density at radius 2 is 1.94 bits per heavy atom. The quantitative estimate of drug-likeness (QED) is 0.740. The number of hydrogen-bond acceptors (Lipinski definition) is 2. The number of rotatable bonds is 2. The average molecular weight is 243 g/mol. The molecule has 0 N–H and O–H groups in total. The zero-order valence-electron chi connectivity index (χ0n) is 9.25. The molecular formula is C12H16ClFN2. The summed E-state index contributed by atoms with van der Waals surface area (Å²) < 4.78 is 14.0. The third-order valence-corrected chi connectivity index (χ3v) is 3.29. The van der Waals surface area contributed by atoms with Gasteiger partial charge in [0.2, 0.25) is 0 Å². The fraction of sp³-hybridized carbons (Fsp3) is 0.583. The first kappa shape index (κ1) is 11.6. The Morgan fingerprint density at radius 3 is 2.56 bits per heavy atom. The number of anilines is 1. The summed E-state index contributed by atoms with van der Waals surface area (Å²) in [7, 11) is 0. The molecule has 2 rings (SSSR count). The average Bonchev–Trinajstić information content (AvgIpc) is 2.58. The Labute approximate surface area is 100 Å². The minimum absolute atomic E-state index is 0.204. The molecule has 0 spiro atoms. The van der Waals surface area contributed by atoms with Gasteiger partial charge in [-0.3, -0.25) is 0 Å². The van der Waals surface area contributed by atoms with E-state index in [4.69, 9.17) is 11.6 Å². The molecule has 1 aromatic heterocycles. The van der Waals surface area contributed by atoms with Crippen molar-refractivity contribution in [3.63, 3.8) is 0 Å². The predicted molar refractivity (Wildman–Crippen MR) is 64.4 cm³/mol. The van der Waals surface area contributed by atoms with Crippen LogP contribution in [0.1, 0.15) is 31.2 Å². The molecule has 1 saturated heterocycles. The van der Waals surface area contributed by atoms with E-state index in [0.29, 0.717) is 11.4 Å². The van der Waals surface area contributed by atoms with E-state index in [0.717, 1.165) is 25.9 Å². The SMILES string of the molecule is Fc1c(CCl)ccnc1N1CCCCCC1. The van der Waals surface area contributed by atoms with Gasteiger partial charge in [-0.15, -0.1) is 11.6 Å². The molecular weight excluding hydrogens is 227 g/mol. The Bertz CT molecular complexity index is 349. The maximum Gasteiger partial charge on any atom is 0.170 e. The summed E-state index contributed by atoms with van der Waals surface area (Å²) in [6, 6.07) is 1.64. The highest BCUT2D eigenvalue weighted by Gasteiger charge is 2.16. The Morgan fingerprint density at radius 1 is 1.25 bits per heavy atom. The van der Waals surface area contributed by atoms with Gasteiger partial charge in [-0.25, -0.2) is 9.37 Å². The second-order valence-electron chi connectivity index (χ2n) is 4.14. The van der Waals surface area contributed by atoms with Crippen LogP contribution >= 0.6 is 11.6 Å². The molecule has 0 aliphatic carbocycles. The van der Waals surface area contributed by atoms with Crippen molar-refractivity contribution in [1.82, 2.24) is 4.98 Å². The lowest BCUT2D eigenvalue weighted by atomic mass is 10.2. The first-order chi connectivity index (χ1) is 7.83. The zero-order chi connectivity index (χ0) is 11.4. The molecule has 2 heterocycles. The smallest absolute Gasteiger partial charge is 0.170 e. The van der Waals surface area contributed by atoms with E-state index in [1.54, 1.807) is 12.3 Å². The molecule has 0 saturated carbocycles. The van der Waals surface area contributed by atoms with E-state index >= 15 is 0 Å². The van der Waals surface area contributed by atoms with Gasteiger partial charge in [-0.2, -0.15) is 0 Å². The molecule has 16 heavy (non-hydrogen) atoms. The number of nitrogens with zero attached hydrogens (tertiary/aromatic N) is 2. The van der Waals surface area contributed by atoms with E-state index in [1.807, 2.05) is 4.90 Å². The minimum Gasteiger partial charge on any atom is -0.354 e. The summed E-state index contributed by atoms with van der Waals surface area (Å²) in [5, 5.41) is 0. The van der Waals surface area contributed by atoms with E-state index in [9.17, 15) is 4.39 Å². The number of hydrogen-bond donors (Lipinski definition) is 0. The first-order valence-electron chi connectivity index (χ1n) is 5.77. The van der Waals surface area contributed by atoms with E-state index in [-0.39, 0.29) is 11.7 Å². The molecule has 0 atom stereocenters. The molecule has 88 valence electrons. The summed E-state index contributed by atoms with van der Waals surface area (Å²) in [6.45, 7) is 1.80. The van der Waals surface area contributed by atoms with Gasteiger partial charge in [0, 0.05) is 24.8 Å². The first-order valence-corrected chi connectivity index (χ1v) is 6.30. The second kappa shape index (κ2) is 5.48. The van der Waals surface area contributed by atoms with Gasteiger partial charge in [0.05, 0.1) is 5.88 Å². The van der Waals surface area contributed by atoms with Crippen LogP contribution in [-0.2, 0) is 5.88 Å². The van der Waals surface area contributed by atoms with E-state index < -0.39 is 0 Å². The van der Waals surface area contributed by atoms with E-state index in [1.165, 1.54) is 12.8 Å². The third-order valence-electron chi connectivity index (χ3n) is 3.00. The molecule has 1 aliphatic heterocycles. The molecule has 1 aliphatic rings. The zero-order valence-corrected chi connectivity index (χ0v) is 10.0. The van der Waals surface area contributed by atoms with Crippen LogP contribution < -0.4 is 4.90 Å². The van der Waals surface area contributed by atoms with Crippen LogP contribution in [-0.4, -0.2) is 18.1 Å². The van der Waals surface area contributed by atoms with Crippen molar-refractivity contribution in [1.29, 1.82) is 0 Å². The molecule has 1 aromatic rings. The summed E-state index contributed by atoms with van der Waals surface area (Å²) in [5.41, 5.74) is 0.538. The van der Waals surface area contributed by atoms with Gasteiger partial charge in [0.1, 0.15) is 0 Å². The normalized spacial score (nSPS) is 17.2. The largest absolute Gasteiger partial charge is 0.354 e. The standard InChI is InChI=1S/C12H16ClFN2/c13-9-10-5-6-15-12(11(10)14)16-7-3-1-2-4-8-16/h5-6H,1-4,7-9H2. The summed E-state index contributed by atoms with van der Waals surface area (Å²) in [5.74, 6) is 0.425. The highest BCUT2D eigenvalue weighted by molar-refractivity contribution is 6.17. The van der Waals surface area contributed by atoms with Gasteiger partial charge in [0.15, 0.2) is 11.6 Å². The monoisotopic (exact) mass is 242 g/mol. The number of pyridine rings is 1. The molecule has 0 amide bonds. The van der Waals surface area contributed by atoms with Crippen molar-refractivity contribution in [3.8, 4) is 0 Å². The minimum atomic E-state index is -0.251. The number of aromatic nitrogens is 1. The lowest BCUT2D eigenvalue weighted by molar-refractivity contribution is 0.598. The van der Waals surface area contributed by atoms with Crippen LogP contribution in [0.15, 0.2) is 12.3 Å². The summed E-state index contributed by atoms with van der Waals surface area (Å²) in [6.07, 6.45) is 6.33. The van der Waals surface area contributed by atoms with Crippen LogP contribution in [0.5, 0.6) is 0 Å². The highest BCUT2D eigenvalue weighted by atomic mass is 35.5. The van der Waals surface area contributed by atoms with Crippen molar-refractivity contribution in [2.24, 2.45) is 0 Å². The van der Waals surface area contributed by atoms with Crippen LogP contribution in [0.3, 0.4) is 0 Å². The van der Waals surface area contributed by atoms with E-state index in [2.05, 4.69) is 4.98 Å². The maximum atomic E-state index is 14.0. The fourth-order valence-corrected chi connectivity index (χ4v) is 2.28. The Hall–Kier alpha value is -0.830. The summed E-state index contributed by atoms with van der Waals surface area (Å²) >= 11 is 5.69. The number of alkyl halides is 1. The lowest BCUT2D eigenvalue weighted by Gasteiger charge is -2.22. The van der Waals surface area contributed by atoms with Crippen molar-refractivity contribution in [2.75, 3.05) is 18.0 Å². The molecule has 2 nitrogen and oxygen atoms in total. The molecule has 0 radical (unpaired) electrons. The Kier molecular flexibility index (Phi) is 3.99. The fourth-order valence-electron chi connectivity index (χ4n) is 2.08. The third kappa shape index (κ3) is 2.46. The topological polar surface area (TPSA) is 16.1 Å². The van der Waals surface area contributed by atoms with Gasteiger partial charge >= 0.3 is 0 Å². The van der Waals surface area contributed by atoms with Gasteiger partial charge in [-0.05, 0) is 18.9 Å². The van der Waals surface area contributed by atoms with Crippen molar-refractivity contribution >= 4 is 17.4 Å². The predicted octanol–water partition coefficient (Wildman–Crippen LogP) is 3.34. The van der Waals surface area contributed by atoms with Crippen LogP contribution in [0.4, 0.5) is 10.2 Å².